The fourth-order valence-corrected chi connectivity index (χ4v) is 2.52. The third kappa shape index (κ3) is 3.65. The smallest absolute Gasteiger partial charge is 0.234 e. The number of benzene rings is 1. The van der Waals surface area contributed by atoms with Gasteiger partial charge >= 0.3 is 0 Å². The first kappa shape index (κ1) is 16.0. The number of amides is 1. The van der Waals surface area contributed by atoms with Gasteiger partial charge < -0.3 is 15.2 Å². The molecule has 0 aromatic heterocycles. The summed E-state index contributed by atoms with van der Waals surface area (Å²) in [6.45, 7) is 0.831. The van der Waals surface area contributed by atoms with Crippen LogP contribution in [0.15, 0.2) is 18.2 Å². The van der Waals surface area contributed by atoms with E-state index in [4.69, 9.17) is 20.5 Å². The van der Waals surface area contributed by atoms with Gasteiger partial charge in [0.15, 0.2) is 11.5 Å². The first-order valence-electron chi connectivity index (χ1n) is 6.93. The number of carbonyl (C=O) groups is 1. The lowest BCUT2D eigenvalue weighted by Crippen LogP contribution is -2.42. The molecule has 1 aromatic rings. The topological polar surface area (TPSA) is 88.6 Å². The van der Waals surface area contributed by atoms with Crippen molar-refractivity contribution in [2.45, 2.75) is 18.6 Å². The van der Waals surface area contributed by atoms with E-state index in [-0.39, 0.29) is 19.6 Å². The molecule has 1 fully saturated rings. The maximum Gasteiger partial charge on any atom is 0.234 e. The SMILES string of the molecule is COc1cc(C#N)ccc1OCCN1C[C@H](F)C[C@H]1C(N)=O. The second kappa shape index (κ2) is 7.09. The lowest BCUT2D eigenvalue weighted by molar-refractivity contribution is -0.122. The second-order valence-electron chi connectivity index (χ2n) is 5.07. The maximum atomic E-state index is 13.4. The van der Waals surface area contributed by atoms with Crippen LogP contribution in [0.4, 0.5) is 4.39 Å². The van der Waals surface area contributed by atoms with E-state index in [1.54, 1.807) is 23.1 Å². The molecule has 7 heteroatoms. The van der Waals surface area contributed by atoms with Crippen molar-refractivity contribution >= 4 is 5.91 Å². The Bertz CT molecular complexity index is 588. The van der Waals surface area contributed by atoms with Crippen molar-refractivity contribution in [3.8, 4) is 17.6 Å². The third-order valence-corrected chi connectivity index (χ3v) is 3.61. The largest absolute Gasteiger partial charge is 0.493 e. The number of halogens is 1. The monoisotopic (exact) mass is 307 g/mol. The number of hydrogen-bond donors (Lipinski definition) is 1. The Hall–Kier alpha value is -2.33. The van der Waals surface area contributed by atoms with Crippen LogP contribution in [0.1, 0.15) is 12.0 Å². The highest BCUT2D eigenvalue weighted by Crippen LogP contribution is 2.28. The quantitative estimate of drug-likeness (QED) is 0.841. The molecule has 2 rings (SSSR count). The average molecular weight is 307 g/mol. The Kier molecular flexibility index (Phi) is 5.17. The van der Waals surface area contributed by atoms with Crippen molar-refractivity contribution in [1.29, 1.82) is 5.26 Å². The van der Waals surface area contributed by atoms with Crippen molar-refractivity contribution < 1.29 is 18.7 Å². The summed E-state index contributed by atoms with van der Waals surface area (Å²) in [4.78, 5) is 13.0. The summed E-state index contributed by atoms with van der Waals surface area (Å²) in [7, 11) is 1.49. The van der Waals surface area contributed by atoms with E-state index < -0.39 is 18.1 Å². The van der Waals surface area contributed by atoms with Crippen LogP contribution in [-0.4, -0.2) is 49.8 Å². The van der Waals surface area contributed by atoms with Gasteiger partial charge in [-0.2, -0.15) is 5.26 Å². The van der Waals surface area contributed by atoms with Crippen molar-refractivity contribution in [2.24, 2.45) is 5.73 Å². The number of alkyl halides is 1. The number of nitriles is 1. The molecule has 22 heavy (non-hydrogen) atoms. The lowest BCUT2D eigenvalue weighted by Gasteiger charge is -2.21. The zero-order valence-corrected chi connectivity index (χ0v) is 12.3. The Labute approximate surface area is 128 Å². The van der Waals surface area contributed by atoms with Crippen molar-refractivity contribution in [3.63, 3.8) is 0 Å². The fraction of sp³-hybridized carbons (Fsp3) is 0.467. The predicted octanol–water partition coefficient (Wildman–Crippen LogP) is 0.843. The zero-order valence-electron chi connectivity index (χ0n) is 12.3. The molecule has 6 nitrogen and oxygen atoms in total. The first-order chi connectivity index (χ1) is 10.5. The number of methoxy groups -OCH3 is 1. The van der Waals surface area contributed by atoms with Gasteiger partial charge in [0.2, 0.25) is 5.91 Å². The van der Waals surface area contributed by atoms with Gasteiger partial charge in [-0.25, -0.2) is 4.39 Å². The van der Waals surface area contributed by atoms with Crippen LogP contribution in [0.5, 0.6) is 11.5 Å². The number of hydrogen-bond acceptors (Lipinski definition) is 5. The summed E-state index contributed by atoms with van der Waals surface area (Å²) in [5, 5.41) is 8.84. The standard InChI is InChI=1S/C15H18FN3O3/c1-21-14-6-10(8-17)2-3-13(14)22-5-4-19-9-11(16)7-12(19)15(18)20/h2-3,6,11-12H,4-5,7,9H2,1H3,(H2,18,20)/t11-,12+/m1/s1. The van der Waals surface area contributed by atoms with Crippen LogP contribution in [0, 0.1) is 11.3 Å². The highest BCUT2D eigenvalue weighted by molar-refractivity contribution is 5.80. The summed E-state index contributed by atoms with van der Waals surface area (Å²) in [6.07, 6.45) is -0.905. The average Bonchev–Trinajstić information content (AvgIpc) is 2.88. The van der Waals surface area contributed by atoms with Crippen LogP contribution < -0.4 is 15.2 Å². The van der Waals surface area contributed by atoms with Crippen LogP contribution in [0.25, 0.3) is 0 Å². The van der Waals surface area contributed by atoms with Crippen molar-refractivity contribution in [1.82, 2.24) is 4.90 Å². The molecule has 0 aliphatic carbocycles. The van der Waals surface area contributed by atoms with Crippen molar-refractivity contribution in [3.05, 3.63) is 23.8 Å². The molecule has 2 N–H and O–H groups in total. The van der Waals surface area contributed by atoms with Gasteiger partial charge in [-0.15, -0.1) is 0 Å². The predicted molar refractivity (Wildman–Crippen MR) is 77.3 cm³/mol. The molecule has 1 aromatic carbocycles. The number of ether oxygens (including phenoxy) is 2. The van der Waals surface area contributed by atoms with Gasteiger partial charge in [0.05, 0.1) is 24.8 Å². The molecule has 1 saturated heterocycles. The maximum absolute atomic E-state index is 13.4. The lowest BCUT2D eigenvalue weighted by atomic mass is 10.2. The van der Waals surface area contributed by atoms with Gasteiger partial charge in [-0.3, -0.25) is 9.69 Å². The molecule has 1 heterocycles. The number of nitrogens with two attached hydrogens (primary N) is 1. The summed E-state index contributed by atoms with van der Waals surface area (Å²) in [6, 6.07) is 6.28. The Balaban J connectivity index is 1.94. The summed E-state index contributed by atoms with van der Waals surface area (Å²) in [5.41, 5.74) is 5.74. The highest BCUT2D eigenvalue weighted by atomic mass is 19.1. The summed E-state index contributed by atoms with van der Waals surface area (Å²) < 4.78 is 24.2. The Morgan fingerprint density at radius 2 is 2.32 bits per heavy atom. The number of primary amides is 1. The molecule has 1 amide bonds. The Morgan fingerprint density at radius 1 is 1.55 bits per heavy atom. The van der Waals surface area contributed by atoms with E-state index in [2.05, 4.69) is 0 Å². The highest BCUT2D eigenvalue weighted by Gasteiger charge is 2.35. The molecule has 0 saturated carbocycles. The fourth-order valence-electron chi connectivity index (χ4n) is 2.52. The second-order valence-corrected chi connectivity index (χ2v) is 5.07. The molecule has 0 bridgehead atoms. The summed E-state index contributed by atoms with van der Waals surface area (Å²) in [5.74, 6) is 0.430. The first-order valence-corrected chi connectivity index (χ1v) is 6.93. The summed E-state index contributed by atoms with van der Waals surface area (Å²) >= 11 is 0. The van der Waals surface area contributed by atoms with Crippen LogP contribution in [-0.2, 0) is 4.79 Å². The van der Waals surface area contributed by atoms with E-state index in [1.165, 1.54) is 7.11 Å². The van der Waals surface area contributed by atoms with Gasteiger partial charge in [0.1, 0.15) is 12.8 Å². The molecule has 0 radical (unpaired) electrons. The zero-order chi connectivity index (χ0) is 16.1. The van der Waals surface area contributed by atoms with E-state index in [0.717, 1.165) is 0 Å². The molecule has 2 atom stereocenters. The molecular formula is C15H18FN3O3. The number of likely N-dealkylation sites (tertiary alicyclic amines) is 1. The Morgan fingerprint density at radius 3 is 2.95 bits per heavy atom. The minimum absolute atomic E-state index is 0.134. The van der Waals surface area contributed by atoms with Crippen LogP contribution >= 0.6 is 0 Å². The van der Waals surface area contributed by atoms with E-state index in [9.17, 15) is 9.18 Å². The van der Waals surface area contributed by atoms with Gasteiger partial charge in [0, 0.05) is 25.6 Å². The normalized spacial score (nSPS) is 21.3. The van der Waals surface area contributed by atoms with Crippen molar-refractivity contribution in [2.75, 3.05) is 26.8 Å². The minimum atomic E-state index is -1.04. The van der Waals surface area contributed by atoms with E-state index in [0.29, 0.717) is 23.6 Å². The number of carbonyl (C=O) groups excluding carboxylic acids is 1. The van der Waals surface area contributed by atoms with Gasteiger partial charge in [0.25, 0.3) is 0 Å². The third-order valence-electron chi connectivity index (χ3n) is 3.61. The van der Waals surface area contributed by atoms with E-state index in [1.807, 2.05) is 6.07 Å². The molecule has 0 spiro atoms. The van der Waals surface area contributed by atoms with Crippen LogP contribution in [0.2, 0.25) is 0 Å². The van der Waals surface area contributed by atoms with Gasteiger partial charge in [-0.1, -0.05) is 0 Å². The number of rotatable bonds is 6. The molecule has 1 aliphatic heterocycles. The molecule has 0 unspecified atom stereocenters. The van der Waals surface area contributed by atoms with Crippen LogP contribution in [0.3, 0.4) is 0 Å². The molecule has 1 aliphatic rings. The van der Waals surface area contributed by atoms with E-state index >= 15 is 0 Å². The number of nitrogens with zero attached hydrogens (tertiary/aromatic N) is 2. The minimum Gasteiger partial charge on any atom is -0.493 e. The van der Waals surface area contributed by atoms with Gasteiger partial charge in [-0.05, 0) is 12.1 Å². The molecular weight excluding hydrogens is 289 g/mol. The molecule has 118 valence electrons.